The van der Waals surface area contributed by atoms with Gasteiger partial charge < -0.3 is 5.11 Å². The van der Waals surface area contributed by atoms with E-state index in [9.17, 15) is 5.11 Å². The van der Waals surface area contributed by atoms with Crippen LogP contribution in [0.15, 0.2) is 36.4 Å². The van der Waals surface area contributed by atoms with Crippen molar-refractivity contribution < 1.29 is 5.11 Å². The van der Waals surface area contributed by atoms with E-state index in [0.29, 0.717) is 17.8 Å². The largest absolute Gasteiger partial charge is 0.389 e. The van der Waals surface area contributed by atoms with Crippen molar-refractivity contribution in [3.8, 4) is 0 Å². The molecule has 20 heavy (non-hydrogen) atoms. The van der Waals surface area contributed by atoms with Crippen LogP contribution in [0, 0.1) is 23.7 Å². The van der Waals surface area contributed by atoms with Crippen LogP contribution in [0.5, 0.6) is 0 Å². The Morgan fingerprint density at radius 2 is 1.80 bits per heavy atom. The molecule has 0 aromatic heterocycles. The molecule has 1 aliphatic rings. The number of benzene rings is 1. The van der Waals surface area contributed by atoms with E-state index in [1.807, 2.05) is 24.3 Å². The van der Waals surface area contributed by atoms with E-state index >= 15 is 0 Å². The molecule has 1 aliphatic carbocycles. The van der Waals surface area contributed by atoms with Gasteiger partial charge in [-0.15, -0.1) is 0 Å². The lowest BCUT2D eigenvalue weighted by molar-refractivity contribution is 0.0431. The lowest BCUT2D eigenvalue weighted by Gasteiger charge is -2.39. The molecule has 0 heterocycles. The summed E-state index contributed by atoms with van der Waals surface area (Å²) in [5.41, 5.74) is 1.16. The standard InChI is InChI=1S/C19H28O/c1-14(2)17-11-9-15(3)13-18(17)19(20)12-10-16-7-5-4-6-8-16/h4-8,10,12,14-15,17-20H,9,11,13H2,1-3H3/b12-10+/t15-,17+,18-,19-/m1/s1. The Morgan fingerprint density at radius 3 is 2.45 bits per heavy atom. The Kier molecular flexibility index (Phi) is 5.42. The molecule has 0 aliphatic heterocycles. The summed E-state index contributed by atoms with van der Waals surface area (Å²) in [5, 5.41) is 10.6. The average molecular weight is 272 g/mol. The molecule has 0 unspecified atom stereocenters. The number of aliphatic hydroxyl groups excluding tert-OH is 1. The van der Waals surface area contributed by atoms with Crippen LogP contribution in [0.3, 0.4) is 0 Å². The van der Waals surface area contributed by atoms with Gasteiger partial charge in [0.1, 0.15) is 0 Å². The van der Waals surface area contributed by atoms with E-state index in [1.54, 1.807) is 0 Å². The lowest BCUT2D eigenvalue weighted by Crippen LogP contribution is -2.35. The molecule has 0 spiro atoms. The van der Waals surface area contributed by atoms with Crippen molar-refractivity contribution in [2.75, 3.05) is 0 Å². The summed E-state index contributed by atoms with van der Waals surface area (Å²) in [7, 11) is 0. The predicted octanol–water partition coefficient (Wildman–Crippen LogP) is 4.77. The molecule has 0 saturated heterocycles. The molecule has 1 aromatic rings. The van der Waals surface area contributed by atoms with Gasteiger partial charge in [0.15, 0.2) is 0 Å². The highest BCUT2D eigenvalue weighted by atomic mass is 16.3. The molecular formula is C19H28O. The van der Waals surface area contributed by atoms with E-state index < -0.39 is 0 Å². The fourth-order valence-corrected chi connectivity index (χ4v) is 3.59. The van der Waals surface area contributed by atoms with Crippen molar-refractivity contribution in [2.45, 2.75) is 46.1 Å². The average Bonchev–Trinajstić information content (AvgIpc) is 2.45. The SMILES string of the molecule is CC(C)[C@@H]1CC[C@@H](C)C[C@H]1[C@H](O)/C=C/c1ccccc1. The molecule has 1 fully saturated rings. The van der Waals surface area contributed by atoms with Crippen LogP contribution in [-0.4, -0.2) is 11.2 Å². The normalized spacial score (nSPS) is 28.9. The first-order valence-electron chi connectivity index (χ1n) is 7.99. The lowest BCUT2D eigenvalue weighted by atomic mass is 9.68. The number of rotatable bonds is 4. The Balaban J connectivity index is 2.05. The van der Waals surface area contributed by atoms with E-state index in [-0.39, 0.29) is 6.10 Å². The third kappa shape index (κ3) is 3.96. The second-order valence-electron chi connectivity index (χ2n) is 6.75. The van der Waals surface area contributed by atoms with Crippen molar-refractivity contribution >= 4 is 6.08 Å². The van der Waals surface area contributed by atoms with Gasteiger partial charge in [-0.05, 0) is 42.1 Å². The van der Waals surface area contributed by atoms with Gasteiger partial charge >= 0.3 is 0 Å². The van der Waals surface area contributed by atoms with Gasteiger partial charge in [0.25, 0.3) is 0 Å². The number of hydrogen-bond acceptors (Lipinski definition) is 1. The molecule has 0 radical (unpaired) electrons. The zero-order valence-corrected chi connectivity index (χ0v) is 13.0. The van der Waals surface area contributed by atoms with Crippen LogP contribution >= 0.6 is 0 Å². The van der Waals surface area contributed by atoms with Crippen LogP contribution < -0.4 is 0 Å². The highest BCUT2D eigenvalue weighted by Gasteiger charge is 2.34. The summed E-state index contributed by atoms with van der Waals surface area (Å²) < 4.78 is 0. The first-order valence-corrected chi connectivity index (χ1v) is 7.99. The van der Waals surface area contributed by atoms with Gasteiger partial charge in [0, 0.05) is 0 Å². The third-order valence-electron chi connectivity index (χ3n) is 4.80. The summed E-state index contributed by atoms with van der Waals surface area (Å²) in [4.78, 5) is 0. The molecule has 1 aromatic carbocycles. The van der Waals surface area contributed by atoms with Gasteiger partial charge in [-0.25, -0.2) is 0 Å². The first kappa shape index (κ1) is 15.3. The van der Waals surface area contributed by atoms with Crippen LogP contribution in [0.1, 0.15) is 45.6 Å². The monoisotopic (exact) mass is 272 g/mol. The van der Waals surface area contributed by atoms with E-state index in [0.717, 1.165) is 17.9 Å². The van der Waals surface area contributed by atoms with Crippen LogP contribution in [0.25, 0.3) is 6.08 Å². The van der Waals surface area contributed by atoms with Crippen molar-refractivity contribution in [3.05, 3.63) is 42.0 Å². The zero-order valence-electron chi connectivity index (χ0n) is 13.0. The molecule has 0 amide bonds. The zero-order chi connectivity index (χ0) is 14.5. The summed E-state index contributed by atoms with van der Waals surface area (Å²) in [6.45, 7) is 6.90. The maximum Gasteiger partial charge on any atom is 0.0755 e. The minimum Gasteiger partial charge on any atom is -0.389 e. The van der Waals surface area contributed by atoms with E-state index in [4.69, 9.17) is 0 Å². The fraction of sp³-hybridized carbons (Fsp3) is 0.579. The van der Waals surface area contributed by atoms with E-state index in [1.165, 1.54) is 12.8 Å². The highest BCUT2D eigenvalue weighted by molar-refractivity contribution is 5.49. The fourth-order valence-electron chi connectivity index (χ4n) is 3.59. The van der Waals surface area contributed by atoms with Crippen molar-refractivity contribution in [1.82, 2.24) is 0 Å². The Bertz CT molecular complexity index is 421. The molecule has 1 nitrogen and oxygen atoms in total. The Labute approximate surface area is 123 Å². The molecule has 1 saturated carbocycles. The molecular weight excluding hydrogens is 244 g/mol. The third-order valence-corrected chi connectivity index (χ3v) is 4.80. The van der Waals surface area contributed by atoms with Crippen LogP contribution in [-0.2, 0) is 0 Å². The van der Waals surface area contributed by atoms with Gasteiger partial charge in [0.2, 0.25) is 0 Å². The highest BCUT2D eigenvalue weighted by Crippen LogP contribution is 2.40. The van der Waals surface area contributed by atoms with Crippen molar-refractivity contribution in [1.29, 1.82) is 0 Å². The van der Waals surface area contributed by atoms with Gasteiger partial charge in [0.05, 0.1) is 6.10 Å². The molecule has 1 N–H and O–H groups in total. The molecule has 110 valence electrons. The van der Waals surface area contributed by atoms with E-state index in [2.05, 4.69) is 39.0 Å². The van der Waals surface area contributed by atoms with Crippen LogP contribution in [0.2, 0.25) is 0 Å². The second kappa shape index (κ2) is 7.08. The minimum atomic E-state index is -0.314. The van der Waals surface area contributed by atoms with Crippen molar-refractivity contribution in [3.63, 3.8) is 0 Å². The first-order chi connectivity index (χ1) is 9.58. The topological polar surface area (TPSA) is 20.2 Å². The molecule has 2 rings (SSSR count). The maximum absolute atomic E-state index is 10.6. The Hall–Kier alpha value is -1.08. The van der Waals surface area contributed by atoms with Crippen LogP contribution in [0.4, 0.5) is 0 Å². The summed E-state index contributed by atoms with van der Waals surface area (Å²) in [6.07, 6.45) is 7.47. The predicted molar refractivity (Wildman–Crippen MR) is 86.3 cm³/mol. The Morgan fingerprint density at radius 1 is 1.10 bits per heavy atom. The molecule has 0 bridgehead atoms. The molecule has 4 atom stereocenters. The van der Waals surface area contributed by atoms with Gasteiger partial charge in [-0.3, -0.25) is 0 Å². The summed E-state index contributed by atoms with van der Waals surface area (Å²) in [5.74, 6) is 2.47. The molecule has 1 heteroatoms. The second-order valence-corrected chi connectivity index (χ2v) is 6.75. The summed E-state index contributed by atoms with van der Waals surface area (Å²) in [6, 6.07) is 10.2. The van der Waals surface area contributed by atoms with Crippen molar-refractivity contribution in [2.24, 2.45) is 23.7 Å². The van der Waals surface area contributed by atoms with Gasteiger partial charge in [-0.1, -0.05) is 69.7 Å². The maximum atomic E-state index is 10.6. The van der Waals surface area contributed by atoms with Gasteiger partial charge in [-0.2, -0.15) is 0 Å². The number of hydrogen-bond donors (Lipinski definition) is 1. The minimum absolute atomic E-state index is 0.314. The quantitative estimate of drug-likeness (QED) is 0.837. The smallest absolute Gasteiger partial charge is 0.0755 e. The summed E-state index contributed by atoms with van der Waals surface area (Å²) >= 11 is 0. The number of aliphatic hydroxyl groups is 1.